The van der Waals surface area contributed by atoms with Crippen LogP contribution in [0.1, 0.15) is 31.2 Å². The second-order valence-corrected chi connectivity index (χ2v) is 5.12. The van der Waals surface area contributed by atoms with Gasteiger partial charge in [-0.2, -0.15) is 13.2 Å². The van der Waals surface area contributed by atoms with E-state index < -0.39 is 12.1 Å². The Morgan fingerprint density at radius 1 is 1.22 bits per heavy atom. The SMILES string of the molecule is Cc1cccc(NC2CCCC(C(F)(F)F)C2)c1. The molecule has 0 bridgehead atoms. The van der Waals surface area contributed by atoms with Crippen molar-refractivity contribution in [3.8, 4) is 0 Å². The van der Waals surface area contributed by atoms with Gasteiger partial charge in [0.05, 0.1) is 5.92 Å². The lowest BCUT2D eigenvalue weighted by molar-refractivity contribution is -0.182. The van der Waals surface area contributed by atoms with Crippen LogP contribution in [-0.2, 0) is 0 Å². The maximum atomic E-state index is 12.7. The number of hydrogen-bond acceptors (Lipinski definition) is 1. The van der Waals surface area contributed by atoms with Crippen molar-refractivity contribution in [2.24, 2.45) is 5.92 Å². The highest BCUT2D eigenvalue weighted by Crippen LogP contribution is 2.38. The highest BCUT2D eigenvalue weighted by molar-refractivity contribution is 5.46. The Hall–Kier alpha value is -1.19. The van der Waals surface area contributed by atoms with Gasteiger partial charge in [0.25, 0.3) is 0 Å². The predicted octanol–water partition coefficient (Wildman–Crippen LogP) is 4.53. The fourth-order valence-corrected chi connectivity index (χ4v) is 2.59. The van der Waals surface area contributed by atoms with Gasteiger partial charge in [0.2, 0.25) is 0 Å². The number of aryl methyl sites for hydroxylation is 1. The average molecular weight is 257 g/mol. The van der Waals surface area contributed by atoms with Gasteiger partial charge in [-0.15, -0.1) is 0 Å². The molecule has 0 aromatic heterocycles. The Balaban J connectivity index is 1.98. The van der Waals surface area contributed by atoms with Gasteiger partial charge in [-0.05, 0) is 43.9 Å². The van der Waals surface area contributed by atoms with Crippen LogP contribution in [0.25, 0.3) is 0 Å². The van der Waals surface area contributed by atoms with Gasteiger partial charge in [-0.1, -0.05) is 18.6 Å². The van der Waals surface area contributed by atoms with Gasteiger partial charge in [-0.25, -0.2) is 0 Å². The summed E-state index contributed by atoms with van der Waals surface area (Å²) < 4.78 is 38.1. The smallest absolute Gasteiger partial charge is 0.382 e. The summed E-state index contributed by atoms with van der Waals surface area (Å²) in [6.07, 6.45) is -2.12. The van der Waals surface area contributed by atoms with Crippen molar-refractivity contribution >= 4 is 5.69 Å². The van der Waals surface area contributed by atoms with E-state index in [2.05, 4.69) is 5.32 Å². The summed E-state index contributed by atoms with van der Waals surface area (Å²) in [7, 11) is 0. The van der Waals surface area contributed by atoms with E-state index in [0.29, 0.717) is 6.42 Å². The molecular formula is C14H18F3N. The molecule has 0 heterocycles. The van der Waals surface area contributed by atoms with Crippen molar-refractivity contribution in [1.82, 2.24) is 0 Å². The normalized spacial score (nSPS) is 24.9. The lowest BCUT2D eigenvalue weighted by Gasteiger charge is -2.31. The molecule has 4 heteroatoms. The van der Waals surface area contributed by atoms with E-state index >= 15 is 0 Å². The van der Waals surface area contributed by atoms with Crippen LogP contribution < -0.4 is 5.32 Å². The standard InChI is InChI=1S/C14H18F3N/c1-10-4-2-6-12(8-10)18-13-7-3-5-11(9-13)14(15,16)17/h2,4,6,8,11,13,18H,3,5,7,9H2,1H3. The van der Waals surface area contributed by atoms with Crippen molar-refractivity contribution in [3.63, 3.8) is 0 Å². The van der Waals surface area contributed by atoms with E-state index in [4.69, 9.17) is 0 Å². The zero-order valence-electron chi connectivity index (χ0n) is 10.4. The molecule has 1 fully saturated rings. The number of benzene rings is 1. The fourth-order valence-electron chi connectivity index (χ4n) is 2.59. The van der Waals surface area contributed by atoms with Crippen LogP contribution in [0.4, 0.5) is 18.9 Å². The van der Waals surface area contributed by atoms with E-state index in [9.17, 15) is 13.2 Å². The third-order valence-corrected chi connectivity index (χ3v) is 3.53. The molecule has 1 aromatic carbocycles. The highest BCUT2D eigenvalue weighted by atomic mass is 19.4. The van der Waals surface area contributed by atoms with E-state index in [0.717, 1.165) is 17.7 Å². The fraction of sp³-hybridized carbons (Fsp3) is 0.571. The number of rotatable bonds is 2. The molecule has 0 saturated heterocycles. The van der Waals surface area contributed by atoms with Gasteiger partial charge in [0.15, 0.2) is 0 Å². The minimum atomic E-state index is -4.05. The molecule has 18 heavy (non-hydrogen) atoms. The molecule has 1 N–H and O–H groups in total. The molecular weight excluding hydrogens is 239 g/mol. The minimum absolute atomic E-state index is 0.0628. The number of anilines is 1. The van der Waals surface area contributed by atoms with Crippen LogP contribution in [0.5, 0.6) is 0 Å². The first-order valence-corrected chi connectivity index (χ1v) is 6.35. The first kappa shape index (κ1) is 13.2. The van der Waals surface area contributed by atoms with Gasteiger partial charge in [0.1, 0.15) is 0 Å². The largest absolute Gasteiger partial charge is 0.391 e. The van der Waals surface area contributed by atoms with Crippen LogP contribution in [0, 0.1) is 12.8 Å². The Morgan fingerprint density at radius 3 is 2.67 bits per heavy atom. The van der Waals surface area contributed by atoms with Crippen molar-refractivity contribution in [1.29, 1.82) is 0 Å². The second-order valence-electron chi connectivity index (χ2n) is 5.12. The topological polar surface area (TPSA) is 12.0 Å². The van der Waals surface area contributed by atoms with Gasteiger partial charge < -0.3 is 5.32 Å². The van der Waals surface area contributed by atoms with Gasteiger partial charge in [0, 0.05) is 11.7 Å². The Morgan fingerprint density at radius 2 is 2.00 bits per heavy atom. The third kappa shape index (κ3) is 3.40. The summed E-state index contributed by atoms with van der Waals surface area (Å²) in [6.45, 7) is 1.98. The number of alkyl halides is 3. The lowest BCUT2D eigenvalue weighted by Crippen LogP contribution is -2.34. The van der Waals surface area contributed by atoms with E-state index in [1.165, 1.54) is 0 Å². The van der Waals surface area contributed by atoms with E-state index in [-0.39, 0.29) is 18.9 Å². The van der Waals surface area contributed by atoms with E-state index in [1.807, 2.05) is 31.2 Å². The second kappa shape index (κ2) is 5.21. The summed E-state index contributed by atoms with van der Waals surface area (Å²) in [4.78, 5) is 0. The molecule has 1 aliphatic rings. The van der Waals surface area contributed by atoms with Crippen molar-refractivity contribution < 1.29 is 13.2 Å². The van der Waals surface area contributed by atoms with Crippen LogP contribution in [0.15, 0.2) is 24.3 Å². The molecule has 2 unspecified atom stereocenters. The monoisotopic (exact) mass is 257 g/mol. The van der Waals surface area contributed by atoms with E-state index in [1.54, 1.807) is 0 Å². The molecule has 1 aromatic rings. The van der Waals surface area contributed by atoms with Crippen LogP contribution >= 0.6 is 0 Å². The first-order chi connectivity index (χ1) is 8.45. The third-order valence-electron chi connectivity index (χ3n) is 3.53. The predicted molar refractivity (Wildman–Crippen MR) is 66.6 cm³/mol. The van der Waals surface area contributed by atoms with Crippen LogP contribution in [0.2, 0.25) is 0 Å². The summed E-state index contributed by atoms with van der Waals surface area (Å²) >= 11 is 0. The van der Waals surface area contributed by atoms with Crippen LogP contribution in [0.3, 0.4) is 0 Å². The van der Waals surface area contributed by atoms with Gasteiger partial charge in [-0.3, -0.25) is 0 Å². The molecule has 2 rings (SSSR count). The summed E-state index contributed by atoms with van der Waals surface area (Å²) in [5.74, 6) is -1.14. The Labute approximate surface area is 105 Å². The Kier molecular flexibility index (Phi) is 3.83. The molecule has 2 atom stereocenters. The zero-order valence-corrected chi connectivity index (χ0v) is 10.4. The molecule has 0 spiro atoms. The lowest BCUT2D eigenvalue weighted by atomic mass is 9.85. The van der Waals surface area contributed by atoms with Crippen LogP contribution in [-0.4, -0.2) is 12.2 Å². The maximum absolute atomic E-state index is 12.7. The quantitative estimate of drug-likeness (QED) is 0.820. The molecule has 0 aliphatic heterocycles. The maximum Gasteiger partial charge on any atom is 0.391 e. The highest BCUT2D eigenvalue weighted by Gasteiger charge is 2.42. The molecule has 1 nitrogen and oxygen atoms in total. The molecule has 0 amide bonds. The average Bonchev–Trinajstić information content (AvgIpc) is 2.28. The number of hydrogen-bond donors (Lipinski definition) is 1. The summed E-state index contributed by atoms with van der Waals surface area (Å²) in [6, 6.07) is 7.71. The van der Waals surface area contributed by atoms with Crippen molar-refractivity contribution in [2.75, 3.05) is 5.32 Å². The number of nitrogens with one attached hydrogen (secondary N) is 1. The molecule has 100 valence electrons. The van der Waals surface area contributed by atoms with Crippen molar-refractivity contribution in [3.05, 3.63) is 29.8 Å². The summed E-state index contributed by atoms with van der Waals surface area (Å²) in [5.41, 5.74) is 2.03. The Bertz CT molecular complexity index is 400. The van der Waals surface area contributed by atoms with Crippen molar-refractivity contribution in [2.45, 2.75) is 44.8 Å². The van der Waals surface area contributed by atoms with Gasteiger partial charge >= 0.3 is 6.18 Å². The number of halogens is 3. The molecule has 1 aliphatic carbocycles. The first-order valence-electron chi connectivity index (χ1n) is 6.35. The molecule has 1 saturated carbocycles. The minimum Gasteiger partial charge on any atom is -0.382 e. The summed E-state index contributed by atoms with van der Waals surface area (Å²) in [5, 5.41) is 3.22. The molecule has 0 radical (unpaired) electrons. The zero-order chi connectivity index (χ0) is 13.2.